The van der Waals surface area contributed by atoms with Crippen LogP contribution < -0.4 is 5.14 Å². The van der Waals surface area contributed by atoms with Crippen molar-refractivity contribution in [3.63, 3.8) is 0 Å². The molecule has 94 valence electrons. The van der Waals surface area contributed by atoms with Crippen molar-refractivity contribution in [3.05, 3.63) is 21.9 Å². The van der Waals surface area contributed by atoms with Gasteiger partial charge in [-0.1, -0.05) is 0 Å². The molecule has 0 unspecified atom stereocenters. The van der Waals surface area contributed by atoms with Crippen LogP contribution in [0, 0.1) is 10.1 Å². The van der Waals surface area contributed by atoms with E-state index in [1.165, 1.54) is 0 Å². The number of primary sulfonamides is 1. The van der Waals surface area contributed by atoms with Crippen molar-refractivity contribution in [2.24, 2.45) is 5.14 Å². The second kappa shape index (κ2) is 4.18. The van der Waals surface area contributed by atoms with Crippen LogP contribution in [0.2, 0.25) is 0 Å². The molecular formula is C6H5F2N3O5S. The Bertz CT molecular complexity index is 573. The minimum atomic E-state index is -4.57. The number of hydrogen-bond donors (Lipinski definition) is 2. The number of alkyl halides is 2. The highest BCUT2D eigenvalue weighted by molar-refractivity contribution is 7.89. The van der Waals surface area contributed by atoms with Gasteiger partial charge in [0.15, 0.2) is 0 Å². The maximum atomic E-state index is 12.3. The number of halogens is 2. The molecule has 0 aliphatic carbocycles. The van der Waals surface area contributed by atoms with Crippen molar-refractivity contribution >= 4 is 15.8 Å². The fourth-order valence-electron chi connectivity index (χ4n) is 0.976. The van der Waals surface area contributed by atoms with Crippen molar-refractivity contribution in [1.29, 1.82) is 0 Å². The molecule has 0 aliphatic rings. The molecule has 0 saturated carbocycles. The molecule has 0 spiro atoms. The number of nitrogens with two attached hydrogens (primary N) is 1. The second-order valence-corrected chi connectivity index (χ2v) is 4.35. The molecule has 17 heavy (non-hydrogen) atoms. The van der Waals surface area contributed by atoms with Gasteiger partial charge >= 0.3 is 12.2 Å². The van der Waals surface area contributed by atoms with Gasteiger partial charge in [-0.25, -0.2) is 22.3 Å². The van der Waals surface area contributed by atoms with Gasteiger partial charge < -0.3 is 15.2 Å². The maximum absolute atomic E-state index is 12.3. The summed E-state index contributed by atoms with van der Waals surface area (Å²) in [6.45, 7) is 0. The Labute approximate surface area is 92.9 Å². The fourth-order valence-corrected chi connectivity index (χ4v) is 1.62. The van der Waals surface area contributed by atoms with E-state index >= 15 is 0 Å². The Morgan fingerprint density at radius 2 is 2.06 bits per heavy atom. The summed E-state index contributed by atoms with van der Waals surface area (Å²) in [6.07, 6.45) is -3.24. The van der Waals surface area contributed by atoms with Gasteiger partial charge in [-0.15, -0.1) is 0 Å². The Kier molecular flexibility index (Phi) is 3.24. The van der Waals surface area contributed by atoms with Crippen LogP contribution in [0.3, 0.4) is 0 Å². The van der Waals surface area contributed by atoms with E-state index < -0.39 is 43.5 Å². The summed E-state index contributed by atoms with van der Waals surface area (Å²) in [5, 5.41) is 24.2. The molecule has 0 saturated heterocycles. The molecule has 1 aromatic heterocycles. The van der Waals surface area contributed by atoms with E-state index in [0.29, 0.717) is 0 Å². The van der Waals surface area contributed by atoms with E-state index in [9.17, 15) is 32.4 Å². The van der Waals surface area contributed by atoms with E-state index in [2.05, 4.69) is 10.1 Å². The molecular weight excluding hydrogens is 264 g/mol. The number of rotatable bonds is 3. The van der Waals surface area contributed by atoms with Crippen molar-refractivity contribution in [3.8, 4) is 5.75 Å². The first-order chi connectivity index (χ1) is 7.64. The van der Waals surface area contributed by atoms with Crippen molar-refractivity contribution in [2.75, 3.05) is 0 Å². The largest absolute Gasteiger partial charge is 0.500 e. The number of nitro groups is 1. The molecule has 11 heteroatoms. The average Bonchev–Trinajstić information content (AvgIpc) is 2.15. The van der Waals surface area contributed by atoms with Crippen LogP contribution in [-0.4, -0.2) is 23.4 Å². The van der Waals surface area contributed by atoms with Gasteiger partial charge in [0.2, 0.25) is 21.5 Å². The van der Waals surface area contributed by atoms with Crippen LogP contribution >= 0.6 is 0 Å². The average molecular weight is 269 g/mol. The number of aromatic hydroxyl groups is 1. The van der Waals surface area contributed by atoms with Crippen LogP contribution in [0.4, 0.5) is 14.6 Å². The third kappa shape index (κ3) is 2.62. The zero-order chi connectivity index (χ0) is 13.4. The highest BCUT2D eigenvalue weighted by atomic mass is 32.2. The molecule has 1 aromatic rings. The number of hydrogen-bond acceptors (Lipinski definition) is 6. The summed E-state index contributed by atoms with van der Waals surface area (Å²) in [6, 6.07) is 0.280. The van der Waals surface area contributed by atoms with Crippen LogP contribution in [0.1, 0.15) is 12.1 Å². The van der Waals surface area contributed by atoms with Gasteiger partial charge in [-0.3, -0.25) is 0 Å². The second-order valence-electron chi connectivity index (χ2n) is 2.82. The van der Waals surface area contributed by atoms with Crippen LogP contribution in [-0.2, 0) is 10.0 Å². The molecule has 8 nitrogen and oxygen atoms in total. The van der Waals surface area contributed by atoms with Gasteiger partial charge in [0.05, 0.1) is 0 Å². The third-order valence-corrected chi connectivity index (χ3v) is 2.59. The first kappa shape index (κ1) is 13.2. The monoisotopic (exact) mass is 269 g/mol. The summed E-state index contributed by atoms with van der Waals surface area (Å²) in [7, 11) is -4.57. The predicted molar refractivity (Wildman–Crippen MR) is 48.9 cm³/mol. The molecule has 0 atom stereocenters. The Hall–Kier alpha value is -1.88. The van der Waals surface area contributed by atoms with E-state index in [1.807, 2.05) is 0 Å². The van der Waals surface area contributed by atoms with Crippen molar-refractivity contribution in [2.45, 2.75) is 11.3 Å². The molecule has 0 amide bonds. The maximum Gasteiger partial charge on any atom is 0.407 e. The molecule has 1 rings (SSSR count). The SMILES string of the molecule is NS(=O)(=O)c1cc(C(F)F)nc([N+](=O)[O-])c1O. The number of aromatic nitrogens is 1. The van der Waals surface area contributed by atoms with Gasteiger partial charge in [-0.2, -0.15) is 0 Å². The Morgan fingerprint density at radius 3 is 2.41 bits per heavy atom. The van der Waals surface area contributed by atoms with Gasteiger partial charge in [-0.05, 0) is 9.91 Å². The van der Waals surface area contributed by atoms with Gasteiger partial charge in [0.25, 0.3) is 0 Å². The summed E-state index contributed by atoms with van der Waals surface area (Å²) in [4.78, 5) is 10.7. The quantitative estimate of drug-likeness (QED) is 0.597. The lowest BCUT2D eigenvalue weighted by Crippen LogP contribution is -2.14. The molecule has 0 aromatic carbocycles. The minimum absolute atomic E-state index is 0.280. The zero-order valence-corrected chi connectivity index (χ0v) is 8.69. The number of nitrogens with zero attached hydrogens (tertiary/aromatic N) is 2. The summed E-state index contributed by atoms with van der Waals surface area (Å²) >= 11 is 0. The normalized spacial score (nSPS) is 11.8. The fraction of sp³-hybridized carbons (Fsp3) is 0.167. The lowest BCUT2D eigenvalue weighted by molar-refractivity contribution is -0.391. The molecule has 0 fully saturated rings. The Morgan fingerprint density at radius 1 is 1.53 bits per heavy atom. The topological polar surface area (TPSA) is 136 Å². The third-order valence-electron chi connectivity index (χ3n) is 1.66. The molecule has 0 radical (unpaired) electrons. The van der Waals surface area contributed by atoms with E-state index in [4.69, 9.17) is 0 Å². The van der Waals surface area contributed by atoms with Crippen LogP contribution in [0.15, 0.2) is 11.0 Å². The number of sulfonamides is 1. The molecule has 0 bridgehead atoms. The number of pyridine rings is 1. The first-order valence-corrected chi connectivity index (χ1v) is 5.38. The predicted octanol–water partition coefficient (Wildman–Crippen LogP) is 0.280. The summed E-state index contributed by atoms with van der Waals surface area (Å²) in [5.74, 6) is -2.77. The van der Waals surface area contributed by atoms with Crippen molar-refractivity contribution in [1.82, 2.24) is 4.98 Å². The lowest BCUT2D eigenvalue weighted by Gasteiger charge is -2.03. The smallest absolute Gasteiger partial charge is 0.407 e. The van der Waals surface area contributed by atoms with Crippen molar-refractivity contribution < 1.29 is 27.2 Å². The van der Waals surface area contributed by atoms with E-state index in [0.717, 1.165) is 0 Å². The van der Waals surface area contributed by atoms with E-state index in [1.54, 1.807) is 0 Å². The molecule has 1 heterocycles. The standard InChI is InChI=1S/C6H5F2N3O5S/c7-5(8)2-1-3(17(9,15)16)4(12)6(10-2)11(13)14/h1,5,12H,(H2,9,15,16). The first-order valence-electron chi connectivity index (χ1n) is 3.84. The molecule has 0 aliphatic heterocycles. The molecule has 3 N–H and O–H groups in total. The van der Waals surface area contributed by atoms with Crippen LogP contribution in [0.25, 0.3) is 0 Å². The Balaban J connectivity index is 3.67. The van der Waals surface area contributed by atoms with Gasteiger partial charge in [0.1, 0.15) is 4.90 Å². The zero-order valence-electron chi connectivity index (χ0n) is 7.87. The highest BCUT2D eigenvalue weighted by Gasteiger charge is 2.30. The van der Waals surface area contributed by atoms with Crippen LogP contribution in [0.5, 0.6) is 5.75 Å². The van der Waals surface area contributed by atoms with E-state index in [-0.39, 0.29) is 6.07 Å². The van der Waals surface area contributed by atoms with Gasteiger partial charge in [0, 0.05) is 6.07 Å². The minimum Gasteiger partial charge on any atom is -0.500 e. The highest BCUT2D eigenvalue weighted by Crippen LogP contribution is 2.33. The lowest BCUT2D eigenvalue weighted by atomic mass is 10.3. The summed E-state index contributed by atoms with van der Waals surface area (Å²) < 4.78 is 46.5. The summed E-state index contributed by atoms with van der Waals surface area (Å²) in [5.41, 5.74) is -1.17.